The van der Waals surface area contributed by atoms with E-state index >= 15 is 0 Å². The first-order valence-electron chi connectivity index (χ1n) is 5.77. The molecule has 1 aliphatic rings. The highest BCUT2D eigenvalue weighted by Crippen LogP contribution is 2.25. The monoisotopic (exact) mass is 252 g/mol. The molecule has 0 aliphatic carbocycles. The van der Waals surface area contributed by atoms with Crippen LogP contribution in [0.1, 0.15) is 18.9 Å². The van der Waals surface area contributed by atoms with Gasteiger partial charge in [0.15, 0.2) is 5.58 Å². The first kappa shape index (κ1) is 10.9. The van der Waals surface area contributed by atoms with E-state index in [0.717, 1.165) is 31.4 Å². The molecule has 2 aromatic rings. The first-order chi connectivity index (χ1) is 8.25. The third-order valence-electron chi connectivity index (χ3n) is 3.25. The number of oxazole rings is 1. The van der Waals surface area contributed by atoms with Crippen LogP contribution < -0.4 is 11.1 Å². The van der Waals surface area contributed by atoms with E-state index < -0.39 is 0 Å². The maximum absolute atomic E-state index is 11.9. The van der Waals surface area contributed by atoms with Crippen molar-refractivity contribution in [1.29, 1.82) is 0 Å². The van der Waals surface area contributed by atoms with Crippen molar-refractivity contribution in [2.75, 3.05) is 13.1 Å². The van der Waals surface area contributed by atoms with Crippen LogP contribution in [0.15, 0.2) is 27.4 Å². The minimum absolute atomic E-state index is 0.212. The van der Waals surface area contributed by atoms with Crippen LogP contribution in [0.4, 0.5) is 0 Å². The van der Waals surface area contributed by atoms with Crippen LogP contribution in [-0.4, -0.2) is 17.7 Å². The lowest BCUT2D eigenvalue weighted by atomic mass is 10.1. The summed E-state index contributed by atoms with van der Waals surface area (Å²) in [5.74, 6) is -0.283. The van der Waals surface area contributed by atoms with Gasteiger partial charge in [-0.15, -0.1) is 0 Å². The van der Waals surface area contributed by atoms with Crippen molar-refractivity contribution in [1.82, 2.24) is 9.88 Å². The number of aromatic nitrogens is 1. The van der Waals surface area contributed by atoms with Gasteiger partial charge in [-0.25, -0.2) is 4.79 Å². The van der Waals surface area contributed by atoms with Gasteiger partial charge in [-0.1, -0.05) is 11.6 Å². The van der Waals surface area contributed by atoms with Crippen LogP contribution in [0.3, 0.4) is 0 Å². The molecule has 1 aliphatic heterocycles. The van der Waals surface area contributed by atoms with Crippen LogP contribution in [0.2, 0.25) is 5.02 Å². The summed E-state index contributed by atoms with van der Waals surface area (Å²) >= 11 is 5.97. The summed E-state index contributed by atoms with van der Waals surface area (Å²) < 4.78 is 6.97. The van der Waals surface area contributed by atoms with Gasteiger partial charge < -0.3 is 9.73 Å². The van der Waals surface area contributed by atoms with Gasteiger partial charge in [0.2, 0.25) is 0 Å². The minimum atomic E-state index is -0.283. The molecule has 90 valence electrons. The second-order valence-electron chi connectivity index (χ2n) is 4.33. The summed E-state index contributed by atoms with van der Waals surface area (Å²) in [6.45, 7) is 1.87. The Morgan fingerprint density at radius 2 is 2.12 bits per heavy atom. The van der Waals surface area contributed by atoms with Crippen molar-refractivity contribution in [3.8, 4) is 0 Å². The molecule has 5 heteroatoms. The van der Waals surface area contributed by atoms with E-state index in [4.69, 9.17) is 16.0 Å². The Bertz CT molecular complexity index is 596. The Morgan fingerprint density at radius 3 is 2.88 bits per heavy atom. The lowest BCUT2D eigenvalue weighted by Crippen LogP contribution is -2.32. The molecule has 0 bridgehead atoms. The van der Waals surface area contributed by atoms with Crippen molar-refractivity contribution < 1.29 is 4.42 Å². The zero-order valence-electron chi connectivity index (χ0n) is 9.28. The predicted octanol–water partition coefficient (Wildman–Crippen LogP) is 2.17. The van der Waals surface area contributed by atoms with Gasteiger partial charge in [-0.3, -0.25) is 4.57 Å². The van der Waals surface area contributed by atoms with Gasteiger partial charge in [0.25, 0.3) is 0 Å². The van der Waals surface area contributed by atoms with Crippen LogP contribution in [-0.2, 0) is 0 Å². The predicted molar refractivity (Wildman–Crippen MR) is 66.6 cm³/mol. The Kier molecular flexibility index (Phi) is 2.68. The van der Waals surface area contributed by atoms with Crippen molar-refractivity contribution in [3.63, 3.8) is 0 Å². The van der Waals surface area contributed by atoms with Gasteiger partial charge in [0.05, 0.1) is 5.52 Å². The standard InChI is InChI=1S/C12H13ClN2O2/c13-8-1-2-11-10(7-8)15(12(16)17-11)9-3-5-14-6-4-9/h1-2,7,9,14H,3-6H2. The molecule has 0 amide bonds. The van der Waals surface area contributed by atoms with E-state index in [1.54, 1.807) is 22.8 Å². The van der Waals surface area contributed by atoms with E-state index in [1.807, 2.05) is 0 Å². The Labute approximate surface area is 103 Å². The molecule has 1 fully saturated rings. The number of fused-ring (bicyclic) bond motifs is 1. The molecule has 0 radical (unpaired) electrons. The van der Waals surface area contributed by atoms with Gasteiger partial charge >= 0.3 is 5.76 Å². The molecule has 17 heavy (non-hydrogen) atoms. The quantitative estimate of drug-likeness (QED) is 0.846. The number of rotatable bonds is 1. The third-order valence-corrected chi connectivity index (χ3v) is 3.48. The van der Waals surface area contributed by atoms with E-state index in [-0.39, 0.29) is 11.8 Å². The summed E-state index contributed by atoms with van der Waals surface area (Å²) in [6.07, 6.45) is 1.89. The molecular formula is C12H13ClN2O2. The van der Waals surface area contributed by atoms with Crippen LogP contribution in [0.5, 0.6) is 0 Å². The number of benzene rings is 1. The number of piperidine rings is 1. The zero-order valence-corrected chi connectivity index (χ0v) is 10.0. The summed E-state index contributed by atoms with van der Waals surface area (Å²) in [6, 6.07) is 5.49. The summed E-state index contributed by atoms with van der Waals surface area (Å²) in [4.78, 5) is 11.9. The van der Waals surface area contributed by atoms with Gasteiger partial charge in [0, 0.05) is 11.1 Å². The molecule has 1 saturated heterocycles. The van der Waals surface area contributed by atoms with Crippen molar-refractivity contribution in [3.05, 3.63) is 33.8 Å². The van der Waals surface area contributed by atoms with Crippen LogP contribution >= 0.6 is 11.6 Å². The van der Waals surface area contributed by atoms with E-state index in [0.29, 0.717) is 10.6 Å². The molecule has 4 nitrogen and oxygen atoms in total. The molecule has 3 rings (SSSR count). The highest BCUT2D eigenvalue weighted by molar-refractivity contribution is 6.31. The minimum Gasteiger partial charge on any atom is -0.408 e. The van der Waals surface area contributed by atoms with Gasteiger partial charge in [-0.05, 0) is 44.1 Å². The fourth-order valence-corrected chi connectivity index (χ4v) is 2.58. The number of nitrogens with zero attached hydrogens (tertiary/aromatic N) is 1. The summed E-state index contributed by atoms with van der Waals surface area (Å²) in [5, 5.41) is 3.91. The van der Waals surface area contributed by atoms with Gasteiger partial charge in [0.1, 0.15) is 0 Å². The number of hydrogen-bond donors (Lipinski definition) is 1. The highest BCUT2D eigenvalue weighted by atomic mass is 35.5. The number of nitrogens with one attached hydrogen (secondary N) is 1. The van der Waals surface area contributed by atoms with Crippen LogP contribution in [0, 0.1) is 0 Å². The van der Waals surface area contributed by atoms with Crippen molar-refractivity contribution in [2.45, 2.75) is 18.9 Å². The molecule has 1 aromatic carbocycles. The van der Waals surface area contributed by atoms with Gasteiger partial charge in [-0.2, -0.15) is 0 Å². The number of hydrogen-bond acceptors (Lipinski definition) is 3. The average Bonchev–Trinajstić information content (AvgIpc) is 2.65. The topological polar surface area (TPSA) is 47.2 Å². The fraction of sp³-hybridized carbons (Fsp3) is 0.417. The second kappa shape index (κ2) is 4.20. The van der Waals surface area contributed by atoms with Crippen LogP contribution in [0.25, 0.3) is 11.1 Å². The van der Waals surface area contributed by atoms with Crippen molar-refractivity contribution in [2.24, 2.45) is 0 Å². The normalized spacial score (nSPS) is 17.7. The lowest BCUT2D eigenvalue weighted by Gasteiger charge is -2.23. The first-order valence-corrected chi connectivity index (χ1v) is 6.15. The smallest absolute Gasteiger partial charge is 0.408 e. The molecular weight excluding hydrogens is 240 g/mol. The summed E-state index contributed by atoms with van der Waals surface area (Å²) in [5.41, 5.74) is 1.41. The lowest BCUT2D eigenvalue weighted by molar-refractivity contribution is 0.349. The van der Waals surface area contributed by atoms with E-state index in [2.05, 4.69) is 5.32 Å². The molecule has 2 heterocycles. The van der Waals surface area contributed by atoms with Crippen molar-refractivity contribution >= 4 is 22.7 Å². The maximum Gasteiger partial charge on any atom is 0.420 e. The average molecular weight is 253 g/mol. The maximum atomic E-state index is 11.9. The number of halogens is 1. The Hall–Kier alpha value is -1.26. The molecule has 0 unspecified atom stereocenters. The molecule has 0 spiro atoms. The Balaban J connectivity index is 2.16. The highest BCUT2D eigenvalue weighted by Gasteiger charge is 2.20. The Morgan fingerprint density at radius 1 is 1.35 bits per heavy atom. The summed E-state index contributed by atoms with van der Waals surface area (Å²) in [7, 11) is 0. The fourth-order valence-electron chi connectivity index (χ4n) is 2.42. The zero-order chi connectivity index (χ0) is 11.8. The third kappa shape index (κ3) is 1.87. The molecule has 0 atom stereocenters. The molecule has 0 saturated carbocycles. The van der Waals surface area contributed by atoms with E-state index in [9.17, 15) is 4.79 Å². The molecule has 1 N–H and O–H groups in total. The van der Waals surface area contributed by atoms with E-state index in [1.165, 1.54) is 0 Å². The SMILES string of the molecule is O=c1oc2ccc(Cl)cc2n1C1CCNCC1. The second-order valence-corrected chi connectivity index (χ2v) is 4.77. The molecule has 1 aromatic heterocycles. The largest absolute Gasteiger partial charge is 0.420 e.